The lowest BCUT2D eigenvalue weighted by Crippen LogP contribution is -2.37. The molecular weight excluding hydrogens is 450 g/mol. The SMILES string of the molecule is CC1(C)CC(=O)C2=C(C1)NC1=C(C(=O)c3ccccc31)[C@@H]2c1ccc(OC(=O)c2ccccc2)cc1. The number of benzene rings is 3. The fourth-order valence-corrected chi connectivity index (χ4v) is 5.59. The van der Waals surface area contributed by atoms with Gasteiger partial charge in [0.1, 0.15) is 5.75 Å². The summed E-state index contributed by atoms with van der Waals surface area (Å²) >= 11 is 0. The summed E-state index contributed by atoms with van der Waals surface area (Å²) in [5.41, 5.74) is 5.62. The Morgan fingerprint density at radius 2 is 1.50 bits per heavy atom. The topological polar surface area (TPSA) is 72.5 Å². The maximum absolute atomic E-state index is 13.6. The van der Waals surface area contributed by atoms with E-state index in [9.17, 15) is 14.4 Å². The second kappa shape index (κ2) is 8.16. The first-order valence-corrected chi connectivity index (χ1v) is 12.1. The number of carbonyl (C=O) groups excluding carboxylic acids is 3. The number of fused-ring (bicyclic) bond motifs is 2. The minimum absolute atomic E-state index is 0.0538. The summed E-state index contributed by atoms with van der Waals surface area (Å²) in [6.07, 6.45) is 1.16. The van der Waals surface area contributed by atoms with E-state index in [4.69, 9.17) is 4.74 Å². The summed E-state index contributed by atoms with van der Waals surface area (Å²) in [6, 6.07) is 23.5. The average molecular weight is 476 g/mol. The summed E-state index contributed by atoms with van der Waals surface area (Å²) in [6.45, 7) is 4.19. The number of carbonyl (C=O) groups is 3. The molecule has 178 valence electrons. The van der Waals surface area contributed by atoms with Gasteiger partial charge in [0, 0.05) is 40.3 Å². The molecule has 0 unspecified atom stereocenters. The molecule has 1 N–H and O–H groups in total. The van der Waals surface area contributed by atoms with Crippen molar-refractivity contribution < 1.29 is 19.1 Å². The normalized spacial score (nSPS) is 19.9. The van der Waals surface area contributed by atoms with Crippen LogP contribution in [0, 0.1) is 5.41 Å². The van der Waals surface area contributed by atoms with Gasteiger partial charge in [-0.2, -0.15) is 0 Å². The quantitative estimate of drug-likeness (QED) is 0.380. The zero-order valence-corrected chi connectivity index (χ0v) is 20.1. The van der Waals surface area contributed by atoms with E-state index in [-0.39, 0.29) is 17.0 Å². The predicted octanol–water partition coefficient (Wildman–Crippen LogP) is 5.84. The van der Waals surface area contributed by atoms with Crippen molar-refractivity contribution in [2.45, 2.75) is 32.6 Å². The summed E-state index contributed by atoms with van der Waals surface area (Å²) in [5.74, 6) is -0.498. The third kappa shape index (κ3) is 3.59. The highest BCUT2D eigenvalue weighted by atomic mass is 16.5. The van der Waals surface area contributed by atoms with Gasteiger partial charge in [-0.15, -0.1) is 0 Å². The fraction of sp³-hybridized carbons (Fsp3) is 0.194. The highest BCUT2D eigenvalue weighted by molar-refractivity contribution is 6.23. The van der Waals surface area contributed by atoms with Crippen LogP contribution in [0.15, 0.2) is 95.7 Å². The van der Waals surface area contributed by atoms with Crippen molar-refractivity contribution in [3.05, 3.63) is 118 Å². The molecular formula is C31H25NO4. The van der Waals surface area contributed by atoms with Gasteiger partial charge >= 0.3 is 5.97 Å². The molecule has 3 aromatic rings. The highest BCUT2D eigenvalue weighted by Crippen LogP contribution is 2.51. The zero-order valence-electron chi connectivity index (χ0n) is 20.1. The number of esters is 1. The van der Waals surface area contributed by atoms with Crippen molar-refractivity contribution in [2.75, 3.05) is 0 Å². The lowest BCUT2D eigenvalue weighted by molar-refractivity contribution is -0.118. The largest absolute Gasteiger partial charge is 0.423 e. The standard InChI is InChI=1S/C31H25NO4/c1-31(2)16-23-26(24(33)17-31)25(27-28(32-23)21-10-6-7-11-22(21)29(27)34)18-12-14-20(15-13-18)36-30(35)19-8-4-3-5-9-19/h3-15,25,32H,16-17H2,1-2H3/t25-/m1/s1. The first kappa shape index (κ1) is 22.2. The van der Waals surface area contributed by atoms with Gasteiger partial charge in [-0.1, -0.05) is 68.4 Å². The van der Waals surface area contributed by atoms with Crippen LogP contribution in [-0.2, 0) is 4.79 Å². The van der Waals surface area contributed by atoms with Gasteiger partial charge in [0.2, 0.25) is 0 Å². The minimum Gasteiger partial charge on any atom is -0.423 e. The molecule has 0 saturated carbocycles. The Kier molecular flexibility index (Phi) is 5.04. The van der Waals surface area contributed by atoms with Crippen molar-refractivity contribution in [1.29, 1.82) is 0 Å². The molecule has 0 fully saturated rings. The summed E-state index contributed by atoms with van der Waals surface area (Å²) in [7, 11) is 0. The number of ketones is 2. The van der Waals surface area contributed by atoms with Crippen LogP contribution in [0.3, 0.4) is 0 Å². The van der Waals surface area contributed by atoms with Crippen LogP contribution in [-0.4, -0.2) is 17.5 Å². The number of hydrogen-bond donors (Lipinski definition) is 1. The van der Waals surface area contributed by atoms with Crippen molar-refractivity contribution in [1.82, 2.24) is 5.32 Å². The number of hydrogen-bond acceptors (Lipinski definition) is 5. The Labute approximate surface area is 209 Å². The minimum atomic E-state index is -0.473. The first-order chi connectivity index (χ1) is 17.3. The molecule has 1 atom stereocenters. The summed E-state index contributed by atoms with van der Waals surface area (Å²) < 4.78 is 5.55. The number of allylic oxidation sites excluding steroid dienone is 3. The van der Waals surface area contributed by atoms with Crippen LogP contribution in [0.2, 0.25) is 0 Å². The molecule has 6 rings (SSSR count). The molecule has 1 aliphatic heterocycles. The van der Waals surface area contributed by atoms with Crippen LogP contribution in [0.5, 0.6) is 5.75 Å². The molecule has 0 amide bonds. The van der Waals surface area contributed by atoms with Gasteiger partial charge in [-0.3, -0.25) is 9.59 Å². The van der Waals surface area contributed by atoms with Gasteiger partial charge in [-0.05, 0) is 41.7 Å². The van der Waals surface area contributed by atoms with Gasteiger partial charge in [0.15, 0.2) is 11.6 Å². The second-order valence-corrected chi connectivity index (χ2v) is 10.4. The highest BCUT2D eigenvalue weighted by Gasteiger charge is 2.46. The first-order valence-electron chi connectivity index (χ1n) is 12.1. The Bertz CT molecular complexity index is 1490. The van der Waals surface area contributed by atoms with E-state index >= 15 is 0 Å². The van der Waals surface area contributed by atoms with Crippen LogP contribution < -0.4 is 10.1 Å². The summed E-state index contributed by atoms with van der Waals surface area (Å²) in [4.78, 5) is 39.5. The van der Waals surface area contributed by atoms with E-state index in [1.165, 1.54) is 0 Å². The van der Waals surface area contributed by atoms with Gasteiger partial charge in [0.05, 0.1) is 11.3 Å². The molecule has 2 aliphatic carbocycles. The molecule has 3 aliphatic rings. The lowest BCUT2D eigenvalue weighted by Gasteiger charge is -2.39. The van der Waals surface area contributed by atoms with Crippen molar-refractivity contribution in [2.24, 2.45) is 5.41 Å². The Morgan fingerprint density at radius 1 is 0.833 bits per heavy atom. The van der Waals surface area contributed by atoms with E-state index in [1.807, 2.05) is 42.5 Å². The zero-order chi connectivity index (χ0) is 25.0. The molecule has 36 heavy (non-hydrogen) atoms. The molecule has 0 aromatic heterocycles. The lowest BCUT2D eigenvalue weighted by atomic mass is 9.68. The number of dihydropyridines is 1. The molecule has 0 bridgehead atoms. The smallest absolute Gasteiger partial charge is 0.343 e. The Morgan fingerprint density at radius 3 is 2.22 bits per heavy atom. The number of nitrogens with one attached hydrogen (secondary N) is 1. The van der Waals surface area contributed by atoms with E-state index in [0.29, 0.717) is 34.4 Å². The third-order valence-corrected chi connectivity index (χ3v) is 7.16. The van der Waals surface area contributed by atoms with Crippen LogP contribution in [0.4, 0.5) is 0 Å². The average Bonchev–Trinajstić information content (AvgIpc) is 3.15. The van der Waals surface area contributed by atoms with Gasteiger partial charge in [-0.25, -0.2) is 4.79 Å². The molecule has 0 radical (unpaired) electrons. The maximum atomic E-state index is 13.6. The number of rotatable bonds is 3. The van der Waals surface area contributed by atoms with Crippen LogP contribution in [0.1, 0.15) is 64.4 Å². The molecule has 5 nitrogen and oxygen atoms in total. The molecule has 3 aromatic carbocycles. The number of Topliss-reactive ketones (excluding diaryl/α,β-unsaturated/α-hetero) is 2. The van der Waals surface area contributed by atoms with Crippen molar-refractivity contribution in [3.63, 3.8) is 0 Å². The van der Waals surface area contributed by atoms with E-state index < -0.39 is 11.9 Å². The molecule has 0 spiro atoms. The van der Waals surface area contributed by atoms with Gasteiger partial charge in [0.25, 0.3) is 0 Å². The summed E-state index contributed by atoms with van der Waals surface area (Å²) in [5, 5.41) is 3.49. The maximum Gasteiger partial charge on any atom is 0.343 e. The molecule has 0 saturated heterocycles. The van der Waals surface area contributed by atoms with Crippen LogP contribution in [0.25, 0.3) is 5.70 Å². The molecule has 5 heteroatoms. The predicted molar refractivity (Wildman–Crippen MR) is 136 cm³/mol. The van der Waals surface area contributed by atoms with E-state index in [1.54, 1.807) is 36.4 Å². The Hall–Kier alpha value is -4.25. The van der Waals surface area contributed by atoms with Crippen molar-refractivity contribution in [3.8, 4) is 5.75 Å². The number of ether oxygens (including phenoxy) is 1. The van der Waals surface area contributed by atoms with E-state index in [2.05, 4.69) is 19.2 Å². The molecule has 1 heterocycles. The monoisotopic (exact) mass is 475 g/mol. The van der Waals surface area contributed by atoms with Gasteiger partial charge < -0.3 is 10.1 Å². The second-order valence-electron chi connectivity index (χ2n) is 10.4. The fourth-order valence-electron chi connectivity index (χ4n) is 5.59. The van der Waals surface area contributed by atoms with Crippen LogP contribution >= 0.6 is 0 Å². The van der Waals surface area contributed by atoms with Crippen molar-refractivity contribution >= 4 is 23.2 Å². The van der Waals surface area contributed by atoms with E-state index in [0.717, 1.165) is 28.9 Å². The Balaban J connectivity index is 1.41. The third-order valence-electron chi connectivity index (χ3n) is 7.16.